The van der Waals surface area contributed by atoms with Gasteiger partial charge >= 0.3 is 0 Å². The molecular formula is C12H15BrClNO2. The molecule has 0 N–H and O–H groups in total. The average Bonchev–Trinajstić information content (AvgIpc) is 2.29. The number of carbonyl (C=O) groups is 1. The smallest absolute Gasteiger partial charge is 0.255 e. The van der Waals surface area contributed by atoms with E-state index >= 15 is 0 Å². The van der Waals surface area contributed by atoms with E-state index in [0.717, 1.165) is 0 Å². The molecule has 0 aliphatic heterocycles. The predicted molar refractivity (Wildman–Crippen MR) is 73.0 cm³/mol. The Morgan fingerprint density at radius 3 is 2.76 bits per heavy atom. The van der Waals surface area contributed by atoms with E-state index < -0.39 is 0 Å². The molecule has 5 heteroatoms. The number of ether oxygens (including phenoxy) is 1. The summed E-state index contributed by atoms with van der Waals surface area (Å²) < 4.78 is 5.00. The van der Waals surface area contributed by atoms with Crippen LogP contribution >= 0.6 is 27.5 Å². The van der Waals surface area contributed by atoms with E-state index in [0.29, 0.717) is 23.7 Å². The zero-order valence-electron chi connectivity index (χ0n) is 9.82. The summed E-state index contributed by atoms with van der Waals surface area (Å²) in [6.07, 6.45) is 0. The Hall–Kier alpha value is -0.580. The van der Waals surface area contributed by atoms with Gasteiger partial charge in [-0.3, -0.25) is 4.79 Å². The summed E-state index contributed by atoms with van der Waals surface area (Å²) in [5.41, 5.74) is 0.522. The summed E-state index contributed by atoms with van der Waals surface area (Å²) >= 11 is 9.42. The minimum atomic E-state index is -0.0869. The molecule has 0 aliphatic carbocycles. The number of methoxy groups -OCH3 is 1. The summed E-state index contributed by atoms with van der Waals surface area (Å²) in [6.45, 7) is 1.12. The highest BCUT2D eigenvalue weighted by Crippen LogP contribution is 2.17. The molecule has 1 unspecified atom stereocenters. The third-order valence-electron chi connectivity index (χ3n) is 2.27. The van der Waals surface area contributed by atoms with Crippen molar-refractivity contribution in [3.8, 4) is 0 Å². The van der Waals surface area contributed by atoms with Crippen LogP contribution in [0.1, 0.15) is 10.4 Å². The Kier molecular flexibility index (Phi) is 5.95. The SMILES string of the molecule is COCC(Br)CN(C)C(=O)c1ccccc1Cl. The van der Waals surface area contributed by atoms with Gasteiger partial charge in [-0.05, 0) is 12.1 Å². The maximum absolute atomic E-state index is 12.1. The molecule has 0 aliphatic rings. The third kappa shape index (κ3) is 4.30. The summed E-state index contributed by atoms with van der Waals surface area (Å²) in [4.78, 5) is 13.8. The van der Waals surface area contributed by atoms with Crippen molar-refractivity contribution in [2.45, 2.75) is 4.83 Å². The van der Waals surface area contributed by atoms with Crippen LogP contribution in [0.25, 0.3) is 0 Å². The zero-order chi connectivity index (χ0) is 12.8. The molecule has 1 rings (SSSR count). The second kappa shape index (κ2) is 6.99. The summed E-state index contributed by atoms with van der Waals surface area (Å²) in [5.74, 6) is -0.0869. The van der Waals surface area contributed by atoms with Gasteiger partial charge in [0.25, 0.3) is 5.91 Å². The topological polar surface area (TPSA) is 29.5 Å². The molecule has 0 aromatic heterocycles. The first-order valence-corrected chi connectivity index (χ1v) is 6.48. The van der Waals surface area contributed by atoms with Crippen LogP contribution in [-0.4, -0.2) is 42.9 Å². The van der Waals surface area contributed by atoms with Gasteiger partial charge in [0.15, 0.2) is 0 Å². The van der Waals surface area contributed by atoms with Crippen molar-refractivity contribution >= 4 is 33.4 Å². The molecule has 1 aromatic carbocycles. The minimum Gasteiger partial charge on any atom is -0.383 e. The lowest BCUT2D eigenvalue weighted by Gasteiger charge is -2.20. The van der Waals surface area contributed by atoms with Crippen molar-refractivity contribution in [1.82, 2.24) is 4.90 Å². The first-order chi connectivity index (χ1) is 8.06. The number of rotatable bonds is 5. The molecule has 17 heavy (non-hydrogen) atoms. The average molecular weight is 321 g/mol. The molecule has 0 saturated carbocycles. The van der Waals surface area contributed by atoms with Gasteiger partial charge in [-0.1, -0.05) is 39.7 Å². The predicted octanol–water partition coefficient (Wildman–Crippen LogP) is 2.82. The number of benzene rings is 1. The van der Waals surface area contributed by atoms with Gasteiger partial charge in [-0.25, -0.2) is 0 Å². The standard InChI is InChI=1S/C12H15BrClNO2/c1-15(7-9(13)8-17-2)12(16)10-5-3-4-6-11(10)14/h3-6,9H,7-8H2,1-2H3. The minimum absolute atomic E-state index is 0.0869. The Balaban J connectivity index is 2.67. The molecule has 1 atom stereocenters. The summed E-state index contributed by atoms with van der Waals surface area (Å²) in [5, 5.41) is 0.474. The molecule has 0 spiro atoms. The Bertz CT molecular complexity index is 387. The van der Waals surface area contributed by atoms with Crippen molar-refractivity contribution in [2.24, 2.45) is 0 Å². The largest absolute Gasteiger partial charge is 0.383 e. The number of halogens is 2. The monoisotopic (exact) mass is 319 g/mol. The van der Waals surface area contributed by atoms with Crippen LogP contribution in [0.4, 0.5) is 0 Å². The van der Waals surface area contributed by atoms with Gasteiger partial charge in [0.2, 0.25) is 0 Å². The van der Waals surface area contributed by atoms with Crippen LogP contribution < -0.4 is 0 Å². The lowest BCUT2D eigenvalue weighted by molar-refractivity contribution is 0.0784. The highest BCUT2D eigenvalue weighted by atomic mass is 79.9. The van der Waals surface area contributed by atoms with E-state index in [1.54, 1.807) is 43.3 Å². The van der Waals surface area contributed by atoms with Crippen molar-refractivity contribution in [2.75, 3.05) is 27.3 Å². The molecule has 0 radical (unpaired) electrons. The van der Waals surface area contributed by atoms with Crippen LogP contribution in [0.2, 0.25) is 5.02 Å². The number of hydrogen-bond acceptors (Lipinski definition) is 2. The van der Waals surface area contributed by atoms with Gasteiger partial charge in [-0.2, -0.15) is 0 Å². The van der Waals surface area contributed by atoms with Crippen LogP contribution in [0.3, 0.4) is 0 Å². The first-order valence-electron chi connectivity index (χ1n) is 5.19. The van der Waals surface area contributed by atoms with Gasteiger partial charge in [0.1, 0.15) is 0 Å². The van der Waals surface area contributed by atoms with Crippen molar-refractivity contribution in [3.63, 3.8) is 0 Å². The maximum atomic E-state index is 12.1. The molecule has 0 bridgehead atoms. The third-order valence-corrected chi connectivity index (χ3v) is 3.15. The molecular weight excluding hydrogens is 305 g/mol. The summed E-state index contributed by atoms with van der Waals surface area (Å²) in [7, 11) is 3.37. The van der Waals surface area contributed by atoms with E-state index in [1.165, 1.54) is 0 Å². The van der Waals surface area contributed by atoms with Gasteiger partial charge < -0.3 is 9.64 Å². The van der Waals surface area contributed by atoms with E-state index in [1.807, 2.05) is 0 Å². The molecule has 3 nitrogen and oxygen atoms in total. The zero-order valence-corrected chi connectivity index (χ0v) is 12.2. The molecule has 94 valence electrons. The van der Waals surface area contributed by atoms with Crippen molar-refractivity contribution in [3.05, 3.63) is 34.9 Å². The second-order valence-corrected chi connectivity index (χ2v) is 5.42. The number of amides is 1. The highest BCUT2D eigenvalue weighted by Gasteiger charge is 2.17. The Morgan fingerprint density at radius 1 is 1.53 bits per heavy atom. The summed E-state index contributed by atoms with van der Waals surface area (Å²) in [6, 6.07) is 7.04. The first kappa shape index (κ1) is 14.5. The number of nitrogens with zero attached hydrogens (tertiary/aromatic N) is 1. The fraction of sp³-hybridized carbons (Fsp3) is 0.417. The molecule has 1 aromatic rings. The van der Waals surface area contributed by atoms with Crippen LogP contribution in [0.5, 0.6) is 0 Å². The van der Waals surface area contributed by atoms with E-state index in [-0.39, 0.29) is 10.7 Å². The quantitative estimate of drug-likeness (QED) is 0.781. The van der Waals surface area contributed by atoms with Gasteiger partial charge in [-0.15, -0.1) is 0 Å². The normalized spacial score (nSPS) is 12.2. The van der Waals surface area contributed by atoms with E-state index in [4.69, 9.17) is 16.3 Å². The van der Waals surface area contributed by atoms with Crippen LogP contribution in [0, 0.1) is 0 Å². The van der Waals surface area contributed by atoms with Crippen LogP contribution in [-0.2, 0) is 4.74 Å². The van der Waals surface area contributed by atoms with Gasteiger partial charge in [0.05, 0.1) is 22.0 Å². The Labute approximate surface area is 115 Å². The lowest BCUT2D eigenvalue weighted by Crippen LogP contribution is -2.33. The fourth-order valence-corrected chi connectivity index (χ4v) is 2.37. The highest BCUT2D eigenvalue weighted by molar-refractivity contribution is 9.09. The molecule has 0 heterocycles. The number of hydrogen-bond donors (Lipinski definition) is 0. The molecule has 0 saturated heterocycles. The van der Waals surface area contributed by atoms with Gasteiger partial charge in [0, 0.05) is 20.7 Å². The second-order valence-electron chi connectivity index (χ2n) is 3.72. The van der Waals surface area contributed by atoms with Crippen molar-refractivity contribution in [1.29, 1.82) is 0 Å². The van der Waals surface area contributed by atoms with E-state index in [9.17, 15) is 4.79 Å². The van der Waals surface area contributed by atoms with E-state index in [2.05, 4.69) is 15.9 Å². The number of carbonyl (C=O) groups excluding carboxylic acids is 1. The Morgan fingerprint density at radius 2 is 2.18 bits per heavy atom. The van der Waals surface area contributed by atoms with Crippen LogP contribution in [0.15, 0.2) is 24.3 Å². The number of alkyl halides is 1. The molecule has 0 fully saturated rings. The fourth-order valence-electron chi connectivity index (χ4n) is 1.45. The molecule has 1 amide bonds. The van der Waals surface area contributed by atoms with Crippen molar-refractivity contribution < 1.29 is 9.53 Å². The lowest BCUT2D eigenvalue weighted by atomic mass is 10.2. The maximum Gasteiger partial charge on any atom is 0.255 e.